The molecular formula is C44H26N4S2. The van der Waals surface area contributed by atoms with Gasteiger partial charge >= 0.3 is 0 Å². The van der Waals surface area contributed by atoms with Crippen LogP contribution in [0.5, 0.6) is 0 Å². The van der Waals surface area contributed by atoms with Crippen molar-refractivity contribution in [3.63, 3.8) is 0 Å². The van der Waals surface area contributed by atoms with Crippen LogP contribution in [0.2, 0.25) is 0 Å². The van der Waals surface area contributed by atoms with E-state index < -0.39 is 0 Å². The molecule has 0 N–H and O–H groups in total. The molecule has 0 unspecified atom stereocenters. The Balaban J connectivity index is 1.19. The monoisotopic (exact) mass is 674 g/mol. The number of fused-ring (bicyclic) bond motifs is 5. The third kappa shape index (κ3) is 4.88. The first kappa shape index (κ1) is 28.9. The van der Waals surface area contributed by atoms with Crippen molar-refractivity contribution in [2.45, 2.75) is 0 Å². The van der Waals surface area contributed by atoms with Crippen LogP contribution >= 0.6 is 22.7 Å². The van der Waals surface area contributed by atoms with Crippen molar-refractivity contribution in [1.29, 1.82) is 0 Å². The quantitative estimate of drug-likeness (QED) is 0.182. The summed E-state index contributed by atoms with van der Waals surface area (Å²) in [6, 6.07) is 54.9. The van der Waals surface area contributed by atoms with Crippen LogP contribution < -0.4 is 0 Å². The Morgan fingerprint density at radius 3 is 1.76 bits per heavy atom. The Bertz CT molecular complexity index is 2800. The lowest BCUT2D eigenvalue weighted by Gasteiger charge is -2.12. The highest BCUT2D eigenvalue weighted by atomic mass is 32.1. The predicted molar refractivity (Wildman–Crippen MR) is 211 cm³/mol. The molecule has 4 nitrogen and oxygen atoms in total. The highest BCUT2D eigenvalue weighted by Gasteiger charge is 2.20. The lowest BCUT2D eigenvalue weighted by molar-refractivity contribution is 1.08. The van der Waals surface area contributed by atoms with Crippen molar-refractivity contribution in [3.05, 3.63) is 158 Å². The predicted octanol–water partition coefficient (Wildman–Crippen LogP) is 12.3. The minimum atomic E-state index is 0.652. The van der Waals surface area contributed by atoms with Gasteiger partial charge in [0, 0.05) is 48.0 Å². The molecule has 10 rings (SSSR count). The lowest BCUT2D eigenvalue weighted by atomic mass is 9.95. The molecule has 0 radical (unpaired) electrons. The molecule has 50 heavy (non-hydrogen) atoms. The van der Waals surface area contributed by atoms with Crippen molar-refractivity contribution >= 4 is 63.8 Å². The zero-order valence-corrected chi connectivity index (χ0v) is 28.2. The molecule has 3 heterocycles. The molecule has 0 aliphatic heterocycles. The van der Waals surface area contributed by atoms with Gasteiger partial charge in [0.05, 0.1) is 10.2 Å². The molecule has 0 atom stereocenters. The number of aromatic nitrogens is 4. The van der Waals surface area contributed by atoms with Crippen LogP contribution in [-0.2, 0) is 0 Å². The second kappa shape index (κ2) is 11.8. The lowest BCUT2D eigenvalue weighted by Crippen LogP contribution is -2.00. The number of hydrogen-bond acceptors (Lipinski definition) is 6. The van der Waals surface area contributed by atoms with Gasteiger partial charge in [0.2, 0.25) is 0 Å². The molecule has 0 aliphatic carbocycles. The van der Waals surface area contributed by atoms with Crippen LogP contribution in [0.25, 0.3) is 97.0 Å². The van der Waals surface area contributed by atoms with Gasteiger partial charge in [-0.15, -0.1) is 22.7 Å². The average Bonchev–Trinajstić information content (AvgIpc) is 3.79. The number of benzene rings is 7. The standard InChI is InChI=1S/C44H26N4S2/c1-4-13-27(14-5-1)41-46-42(28-15-6-2-7-16-28)48-43(47-41)33-21-12-19-30-25-31(23-24-32(30)33)38-39-34-20-10-11-22-36(34)49-37(39)26-35-40(38)50-44(45-35)29-17-8-3-9-18-29/h1-26H. The van der Waals surface area contributed by atoms with Gasteiger partial charge in [-0.3, -0.25) is 0 Å². The molecule has 0 fully saturated rings. The van der Waals surface area contributed by atoms with Gasteiger partial charge in [-0.05, 0) is 34.5 Å². The normalized spacial score (nSPS) is 11.6. The van der Waals surface area contributed by atoms with Crippen LogP contribution in [0.1, 0.15) is 0 Å². The summed E-state index contributed by atoms with van der Waals surface area (Å²) in [5.74, 6) is 1.96. The Morgan fingerprint density at radius 1 is 0.400 bits per heavy atom. The van der Waals surface area contributed by atoms with Crippen LogP contribution in [0, 0.1) is 0 Å². The van der Waals surface area contributed by atoms with E-state index in [-0.39, 0.29) is 0 Å². The van der Waals surface area contributed by atoms with Crippen molar-refractivity contribution in [2.75, 3.05) is 0 Å². The molecule has 0 spiro atoms. The fourth-order valence-corrected chi connectivity index (χ4v) is 9.08. The number of thiophene rings is 1. The average molecular weight is 675 g/mol. The minimum absolute atomic E-state index is 0.652. The zero-order chi connectivity index (χ0) is 33.0. The zero-order valence-electron chi connectivity index (χ0n) is 26.6. The maximum absolute atomic E-state index is 5.17. The van der Waals surface area contributed by atoms with E-state index in [1.165, 1.54) is 36.0 Å². The summed E-state index contributed by atoms with van der Waals surface area (Å²) in [4.78, 5) is 20.2. The molecule has 234 valence electrons. The van der Waals surface area contributed by atoms with E-state index in [1.807, 2.05) is 72.0 Å². The van der Waals surface area contributed by atoms with E-state index in [4.69, 9.17) is 19.9 Å². The van der Waals surface area contributed by atoms with E-state index in [1.54, 1.807) is 11.3 Å². The van der Waals surface area contributed by atoms with Crippen molar-refractivity contribution in [1.82, 2.24) is 19.9 Å². The first-order valence-corrected chi connectivity index (χ1v) is 18.1. The second-order valence-corrected chi connectivity index (χ2v) is 14.3. The molecule has 7 aromatic carbocycles. The molecule has 0 bridgehead atoms. The largest absolute Gasteiger partial charge is 0.236 e. The molecule has 6 heteroatoms. The smallest absolute Gasteiger partial charge is 0.164 e. The minimum Gasteiger partial charge on any atom is -0.236 e. The maximum Gasteiger partial charge on any atom is 0.164 e. The molecule has 0 amide bonds. The molecule has 10 aromatic rings. The summed E-state index contributed by atoms with van der Waals surface area (Å²) < 4.78 is 3.73. The van der Waals surface area contributed by atoms with Crippen LogP contribution in [-0.4, -0.2) is 19.9 Å². The SMILES string of the molecule is c1ccc(-c2nc(-c3ccccc3)nc(-c3cccc4cc(-c5c6sc(-c7ccccc7)nc6cc6sc7ccccc7c56)ccc34)n2)cc1. The van der Waals surface area contributed by atoms with E-state index >= 15 is 0 Å². The molecule has 0 aliphatic rings. The summed E-state index contributed by atoms with van der Waals surface area (Å²) in [7, 11) is 0. The summed E-state index contributed by atoms with van der Waals surface area (Å²) in [6.45, 7) is 0. The maximum atomic E-state index is 5.17. The Morgan fingerprint density at radius 2 is 1.04 bits per heavy atom. The summed E-state index contributed by atoms with van der Waals surface area (Å²) in [5.41, 5.74) is 7.45. The number of nitrogens with zero attached hydrogens (tertiary/aromatic N) is 4. The second-order valence-electron chi connectivity index (χ2n) is 12.2. The van der Waals surface area contributed by atoms with Crippen molar-refractivity contribution in [2.24, 2.45) is 0 Å². The number of rotatable bonds is 5. The fraction of sp³-hybridized carbons (Fsp3) is 0. The van der Waals surface area contributed by atoms with Gasteiger partial charge in [-0.25, -0.2) is 19.9 Å². The van der Waals surface area contributed by atoms with Crippen LogP contribution in [0.3, 0.4) is 0 Å². The van der Waals surface area contributed by atoms with Gasteiger partial charge in [-0.1, -0.05) is 140 Å². The first-order chi connectivity index (χ1) is 24.8. The van der Waals surface area contributed by atoms with E-state index in [9.17, 15) is 0 Å². The Kier molecular flexibility index (Phi) is 6.82. The van der Waals surface area contributed by atoms with Gasteiger partial charge in [0.1, 0.15) is 5.01 Å². The molecular weight excluding hydrogens is 649 g/mol. The van der Waals surface area contributed by atoms with Crippen LogP contribution in [0.4, 0.5) is 0 Å². The summed E-state index contributed by atoms with van der Waals surface area (Å²) in [6.07, 6.45) is 0. The number of hydrogen-bond donors (Lipinski definition) is 0. The highest BCUT2D eigenvalue weighted by Crippen LogP contribution is 2.47. The van der Waals surface area contributed by atoms with Gasteiger partial charge in [0.25, 0.3) is 0 Å². The fourth-order valence-electron chi connectivity index (χ4n) is 6.81. The van der Waals surface area contributed by atoms with Gasteiger partial charge < -0.3 is 0 Å². The first-order valence-electron chi connectivity index (χ1n) is 16.5. The van der Waals surface area contributed by atoms with Gasteiger partial charge in [-0.2, -0.15) is 0 Å². The third-order valence-electron chi connectivity index (χ3n) is 9.15. The topological polar surface area (TPSA) is 51.6 Å². The van der Waals surface area contributed by atoms with Crippen LogP contribution in [0.15, 0.2) is 158 Å². The molecule has 0 saturated carbocycles. The van der Waals surface area contributed by atoms with E-state index in [2.05, 4.69) is 97.1 Å². The van der Waals surface area contributed by atoms with E-state index in [0.29, 0.717) is 17.5 Å². The Hall–Kier alpha value is -6.08. The summed E-state index contributed by atoms with van der Waals surface area (Å²) in [5, 5.41) is 5.81. The van der Waals surface area contributed by atoms with Crippen molar-refractivity contribution < 1.29 is 0 Å². The van der Waals surface area contributed by atoms with Gasteiger partial charge in [0.15, 0.2) is 17.5 Å². The Labute approximate surface area is 296 Å². The highest BCUT2D eigenvalue weighted by molar-refractivity contribution is 7.26. The molecule has 3 aromatic heterocycles. The third-order valence-corrected chi connectivity index (χ3v) is 11.4. The number of thiazole rings is 1. The van der Waals surface area contributed by atoms with Crippen molar-refractivity contribution in [3.8, 4) is 55.9 Å². The summed E-state index contributed by atoms with van der Waals surface area (Å²) >= 11 is 3.60. The van der Waals surface area contributed by atoms with E-state index in [0.717, 1.165) is 43.6 Å². The molecule has 0 saturated heterocycles.